The predicted octanol–water partition coefficient (Wildman–Crippen LogP) is 4.88. The van der Waals surface area contributed by atoms with Gasteiger partial charge >= 0.3 is 0 Å². The quantitative estimate of drug-likeness (QED) is 0.468. The number of aryl methyl sites for hydroxylation is 2. The first-order valence-electron chi connectivity index (χ1n) is 8.58. The molecular formula is C21H22N2OS2. The molecule has 134 valence electrons. The third-order valence-electron chi connectivity index (χ3n) is 3.95. The number of amides is 1. The predicted molar refractivity (Wildman–Crippen MR) is 111 cm³/mol. The van der Waals surface area contributed by atoms with Crippen LogP contribution in [0.4, 0.5) is 0 Å². The number of hydrogen-bond acceptors (Lipinski definition) is 4. The Bertz CT molecular complexity index is 854. The van der Waals surface area contributed by atoms with Crippen molar-refractivity contribution in [2.75, 3.05) is 12.3 Å². The lowest BCUT2D eigenvalue weighted by Gasteiger charge is -2.06. The van der Waals surface area contributed by atoms with E-state index in [2.05, 4.69) is 46.9 Å². The minimum Gasteiger partial charge on any atom is -0.355 e. The zero-order chi connectivity index (χ0) is 18.4. The van der Waals surface area contributed by atoms with Crippen LogP contribution in [0.25, 0.3) is 11.3 Å². The molecule has 3 nitrogen and oxygen atoms in total. The van der Waals surface area contributed by atoms with Gasteiger partial charge in [0.05, 0.1) is 17.1 Å². The number of benzene rings is 2. The maximum absolute atomic E-state index is 12.1. The van der Waals surface area contributed by atoms with Crippen molar-refractivity contribution in [1.82, 2.24) is 10.3 Å². The highest BCUT2D eigenvalue weighted by atomic mass is 32.2. The number of carbonyl (C=O) groups is 1. The van der Waals surface area contributed by atoms with E-state index in [1.54, 1.807) is 23.1 Å². The highest BCUT2D eigenvalue weighted by Gasteiger charge is 2.05. The van der Waals surface area contributed by atoms with E-state index in [9.17, 15) is 4.79 Å². The normalized spacial score (nSPS) is 10.7. The van der Waals surface area contributed by atoms with Crippen LogP contribution in [0.2, 0.25) is 0 Å². The summed E-state index contributed by atoms with van der Waals surface area (Å²) in [5, 5.41) is 6.11. The number of thioether (sulfide) groups is 1. The average molecular weight is 383 g/mol. The van der Waals surface area contributed by atoms with Crippen molar-refractivity contribution in [3.8, 4) is 11.3 Å². The highest BCUT2D eigenvalue weighted by Crippen LogP contribution is 2.22. The van der Waals surface area contributed by atoms with Crippen LogP contribution in [0.5, 0.6) is 0 Å². The summed E-state index contributed by atoms with van der Waals surface area (Å²) in [6.45, 7) is 4.76. The number of nitrogens with zero attached hydrogens (tertiary/aromatic N) is 1. The number of thiazole rings is 1. The summed E-state index contributed by atoms with van der Waals surface area (Å²) in [4.78, 5) is 17.8. The summed E-state index contributed by atoms with van der Waals surface area (Å²) in [6.07, 6.45) is 0.408. The third-order valence-corrected chi connectivity index (χ3v) is 5.73. The molecule has 3 rings (SSSR count). The summed E-state index contributed by atoms with van der Waals surface area (Å²) >= 11 is 3.41. The summed E-state index contributed by atoms with van der Waals surface area (Å²) in [7, 11) is 0. The van der Waals surface area contributed by atoms with Gasteiger partial charge in [0.1, 0.15) is 0 Å². The van der Waals surface area contributed by atoms with Gasteiger partial charge in [-0.1, -0.05) is 42.0 Å². The van der Waals surface area contributed by atoms with Gasteiger partial charge < -0.3 is 5.32 Å². The second-order valence-corrected chi connectivity index (χ2v) is 8.37. The largest absolute Gasteiger partial charge is 0.355 e. The van der Waals surface area contributed by atoms with Crippen molar-refractivity contribution in [3.63, 3.8) is 0 Å². The number of nitrogens with one attached hydrogen (secondary N) is 1. The van der Waals surface area contributed by atoms with Gasteiger partial charge in [0.2, 0.25) is 5.91 Å². The molecule has 3 aromatic rings. The van der Waals surface area contributed by atoms with Gasteiger partial charge in [-0.2, -0.15) is 0 Å². The van der Waals surface area contributed by atoms with E-state index in [4.69, 9.17) is 0 Å². The van der Waals surface area contributed by atoms with Gasteiger partial charge in [-0.05, 0) is 31.5 Å². The monoisotopic (exact) mass is 382 g/mol. The molecule has 0 spiro atoms. The molecule has 1 N–H and O–H groups in total. The Kier molecular flexibility index (Phi) is 6.47. The van der Waals surface area contributed by atoms with Gasteiger partial charge in [-0.25, -0.2) is 4.98 Å². The fourth-order valence-electron chi connectivity index (χ4n) is 2.53. The zero-order valence-corrected chi connectivity index (χ0v) is 16.6. The molecule has 0 aliphatic heterocycles. The zero-order valence-electron chi connectivity index (χ0n) is 15.0. The van der Waals surface area contributed by atoms with Gasteiger partial charge in [-0.15, -0.1) is 23.1 Å². The SMILES string of the molecule is Cc1ccc(SCCNC(=O)Cc2ccc(-c3csc(C)n3)cc2)cc1. The summed E-state index contributed by atoms with van der Waals surface area (Å²) in [5.74, 6) is 0.934. The first-order chi connectivity index (χ1) is 12.6. The van der Waals surface area contributed by atoms with E-state index in [0.717, 1.165) is 27.6 Å². The van der Waals surface area contributed by atoms with E-state index < -0.39 is 0 Å². The number of carbonyl (C=O) groups excluding carboxylic acids is 1. The number of rotatable bonds is 7. The van der Waals surface area contributed by atoms with Crippen LogP contribution < -0.4 is 5.32 Å². The summed E-state index contributed by atoms with van der Waals surface area (Å²) in [6, 6.07) is 16.5. The number of hydrogen-bond donors (Lipinski definition) is 1. The maximum Gasteiger partial charge on any atom is 0.224 e. The van der Waals surface area contributed by atoms with Crippen LogP contribution in [0.15, 0.2) is 58.8 Å². The fourth-order valence-corrected chi connectivity index (χ4v) is 3.92. The molecule has 0 saturated carbocycles. The Labute approximate surface area is 162 Å². The van der Waals surface area contributed by atoms with Crippen LogP contribution in [-0.4, -0.2) is 23.2 Å². The molecule has 1 heterocycles. The Morgan fingerprint density at radius 3 is 2.46 bits per heavy atom. The van der Waals surface area contributed by atoms with E-state index in [-0.39, 0.29) is 5.91 Å². The summed E-state index contributed by atoms with van der Waals surface area (Å²) < 4.78 is 0. The third kappa shape index (κ3) is 5.44. The van der Waals surface area contributed by atoms with Gasteiger partial charge in [0.15, 0.2) is 0 Å². The second kappa shape index (κ2) is 9.01. The Morgan fingerprint density at radius 2 is 1.81 bits per heavy atom. The topological polar surface area (TPSA) is 42.0 Å². The molecule has 1 amide bonds. The molecule has 26 heavy (non-hydrogen) atoms. The standard InChI is InChI=1S/C21H22N2OS2/c1-15-3-9-19(10-4-15)25-12-11-22-21(24)13-17-5-7-18(8-6-17)20-14-26-16(2)23-20/h3-10,14H,11-13H2,1-2H3,(H,22,24). The molecule has 5 heteroatoms. The van der Waals surface area contributed by atoms with E-state index >= 15 is 0 Å². The van der Waals surface area contributed by atoms with Crippen LogP contribution in [0, 0.1) is 13.8 Å². The molecule has 0 aliphatic carbocycles. The first kappa shape index (κ1) is 18.7. The lowest BCUT2D eigenvalue weighted by molar-refractivity contribution is -0.120. The van der Waals surface area contributed by atoms with Crippen molar-refractivity contribution in [2.24, 2.45) is 0 Å². The molecule has 0 fully saturated rings. The van der Waals surface area contributed by atoms with Gasteiger partial charge in [-0.3, -0.25) is 4.79 Å². The molecule has 0 aliphatic rings. The Balaban J connectivity index is 1.42. The number of aromatic nitrogens is 1. The van der Waals surface area contributed by atoms with Gasteiger partial charge in [0.25, 0.3) is 0 Å². The van der Waals surface area contributed by atoms with Gasteiger partial charge in [0, 0.05) is 28.1 Å². The molecule has 0 bridgehead atoms. The molecule has 1 aromatic heterocycles. The lowest BCUT2D eigenvalue weighted by atomic mass is 10.1. The highest BCUT2D eigenvalue weighted by molar-refractivity contribution is 7.99. The first-order valence-corrected chi connectivity index (χ1v) is 10.4. The van der Waals surface area contributed by atoms with Crippen LogP contribution in [-0.2, 0) is 11.2 Å². The van der Waals surface area contributed by atoms with Crippen LogP contribution in [0.1, 0.15) is 16.1 Å². The Hall–Kier alpha value is -2.11. The van der Waals surface area contributed by atoms with Crippen LogP contribution in [0.3, 0.4) is 0 Å². The van der Waals surface area contributed by atoms with Crippen molar-refractivity contribution in [3.05, 3.63) is 70.0 Å². The fraction of sp³-hybridized carbons (Fsp3) is 0.238. The average Bonchev–Trinajstić information content (AvgIpc) is 3.07. The molecule has 2 aromatic carbocycles. The molecule has 0 unspecified atom stereocenters. The maximum atomic E-state index is 12.1. The second-order valence-electron chi connectivity index (χ2n) is 6.14. The van der Waals surface area contributed by atoms with Crippen molar-refractivity contribution in [1.29, 1.82) is 0 Å². The molecule has 0 saturated heterocycles. The molecule has 0 radical (unpaired) electrons. The lowest BCUT2D eigenvalue weighted by Crippen LogP contribution is -2.27. The van der Waals surface area contributed by atoms with Crippen molar-refractivity contribution in [2.45, 2.75) is 25.2 Å². The van der Waals surface area contributed by atoms with Crippen molar-refractivity contribution >= 4 is 29.0 Å². The minimum atomic E-state index is 0.0618. The smallest absolute Gasteiger partial charge is 0.224 e. The van der Waals surface area contributed by atoms with Crippen molar-refractivity contribution < 1.29 is 4.79 Å². The summed E-state index contributed by atoms with van der Waals surface area (Å²) in [5.41, 5.74) is 4.37. The molecular weight excluding hydrogens is 360 g/mol. The van der Waals surface area contributed by atoms with Crippen LogP contribution >= 0.6 is 23.1 Å². The van der Waals surface area contributed by atoms with E-state index in [1.807, 2.05) is 31.2 Å². The molecule has 0 atom stereocenters. The van der Waals surface area contributed by atoms with E-state index in [1.165, 1.54) is 10.5 Å². The minimum absolute atomic E-state index is 0.0618. The Morgan fingerprint density at radius 1 is 1.08 bits per heavy atom. The van der Waals surface area contributed by atoms with E-state index in [0.29, 0.717) is 13.0 Å².